The number of anilines is 1. The Labute approximate surface area is 145 Å². The molecule has 2 saturated heterocycles. The molecule has 2 heterocycles. The highest BCUT2D eigenvalue weighted by atomic mass is 32.2. The van der Waals surface area contributed by atoms with Crippen molar-refractivity contribution in [2.24, 2.45) is 0 Å². The van der Waals surface area contributed by atoms with E-state index in [9.17, 15) is 22.0 Å². The van der Waals surface area contributed by atoms with E-state index >= 15 is 0 Å². The molecule has 25 heavy (non-hydrogen) atoms. The summed E-state index contributed by atoms with van der Waals surface area (Å²) < 4.78 is 51.0. The highest BCUT2D eigenvalue weighted by molar-refractivity contribution is 7.90. The number of rotatable bonds is 4. The lowest BCUT2D eigenvalue weighted by atomic mass is 10.1. The standard InChI is InChI=1S/C16H21F2N3O3S/c1-25(23,24)15-9-11(17)14(8-12(15)18)20-13-4-7-21(16(13)22)10-2-5-19-6-3-10/h8-10,13,19-20H,2-7H2,1H3/t13-/m0/s1. The van der Waals surface area contributed by atoms with E-state index < -0.39 is 32.4 Å². The predicted molar refractivity (Wildman–Crippen MR) is 89.1 cm³/mol. The van der Waals surface area contributed by atoms with E-state index in [1.807, 2.05) is 0 Å². The first-order chi connectivity index (χ1) is 11.8. The maximum Gasteiger partial charge on any atom is 0.245 e. The third kappa shape index (κ3) is 3.77. The van der Waals surface area contributed by atoms with Crippen molar-refractivity contribution in [1.82, 2.24) is 10.2 Å². The molecule has 0 aromatic heterocycles. The van der Waals surface area contributed by atoms with Crippen molar-refractivity contribution in [3.8, 4) is 0 Å². The van der Waals surface area contributed by atoms with Gasteiger partial charge in [-0.25, -0.2) is 17.2 Å². The topological polar surface area (TPSA) is 78.5 Å². The zero-order valence-corrected chi connectivity index (χ0v) is 14.7. The number of benzene rings is 1. The van der Waals surface area contributed by atoms with Crippen LogP contribution in [0.4, 0.5) is 14.5 Å². The van der Waals surface area contributed by atoms with Gasteiger partial charge in [-0.05, 0) is 38.4 Å². The maximum atomic E-state index is 14.2. The molecule has 0 bridgehead atoms. The molecular formula is C16H21F2N3O3S. The Morgan fingerprint density at radius 2 is 1.84 bits per heavy atom. The summed E-state index contributed by atoms with van der Waals surface area (Å²) in [7, 11) is -3.86. The minimum Gasteiger partial charge on any atom is -0.371 e. The Bertz CT molecular complexity index is 779. The summed E-state index contributed by atoms with van der Waals surface area (Å²) in [5, 5.41) is 5.97. The van der Waals surface area contributed by atoms with Gasteiger partial charge in [-0.2, -0.15) is 0 Å². The van der Waals surface area contributed by atoms with Crippen LogP contribution in [0.15, 0.2) is 17.0 Å². The molecular weight excluding hydrogens is 352 g/mol. The Hall–Kier alpha value is -1.74. The van der Waals surface area contributed by atoms with Gasteiger partial charge in [-0.15, -0.1) is 0 Å². The minimum atomic E-state index is -3.86. The number of hydrogen-bond acceptors (Lipinski definition) is 5. The summed E-state index contributed by atoms with van der Waals surface area (Å²) in [5.41, 5.74) is -0.199. The molecule has 0 unspecified atom stereocenters. The van der Waals surface area contributed by atoms with Gasteiger partial charge in [0.15, 0.2) is 9.84 Å². The molecule has 0 spiro atoms. The number of carbonyl (C=O) groups excluding carboxylic acids is 1. The van der Waals surface area contributed by atoms with Crippen molar-refractivity contribution in [1.29, 1.82) is 0 Å². The van der Waals surface area contributed by atoms with Crippen molar-refractivity contribution < 1.29 is 22.0 Å². The summed E-state index contributed by atoms with van der Waals surface area (Å²) in [4.78, 5) is 13.7. The summed E-state index contributed by atoms with van der Waals surface area (Å²) in [6.07, 6.45) is 3.07. The summed E-state index contributed by atoms with van der Waals surface area (Å²) in [6, 6.07) is 0.992. The van der Waals surface area contributed by atoms with Gasteiger partial charge in [0.2, 0.25) is 5.91 Å². The fraction of sp³-hybridized carbons (Fsp3) is 0.562. The predicted octanol–water partition coefficient (Wildman–Crippen LogP) is 1.13. The Kier molecular flexibility index (Phi) is 4.97. The molecule has 6 nitrogen and oxygen atoms in total. The van der Waals surface area contributed by atoms with Gasteiger partial charge >= 0.3 is 0 Å². The van der Waals surface area contributed by atoms with Crippen LogP contribution in [0.5, 0.6) is 0 Å². The third-order valence-corrected chi connectivity index (χ3v) is 5.85. The van der Waals surface area contributed by atoms with Gasteiger partial charge in [0.1, 0.15) is 22.6 Å². The first kappa shape index (κ1) is 18.1. The zero-order valence-electron chi connectivity index (χ0n) is 13.9. The number of amides is 1. The van der Waals surface area contributed by atoms with Crippen LogP contribution in [-0.2, 0) is 14.6 Å². The highest BCUT2D eigenvalue weighted by Gasteiger charge is 2.36. The number of halogens is 2. The lowest BCUT2D eigenvalue weighted by Crippen LogP contribution is -2.45. The second-order valence-corrected chi connectivity index (χ2v) is 8.52. The molecule has 0 saturated carbocycles. The number of piperidine rings is 1. The molecule has 2 fully saturated rings. The molecule has 1 aromatic rings. The Morgan fingerprint density at radius 1 is 1.16 bits per heavy atom. The fourth-order valence-corrected chi connectivity index (χ4v) is 4.16. The van der Waals surface area contributed by atoms with Crippen LogP contribution in [0.2, 0.25) is 0 Å². The number of nitrogens with zero attached hydrogens (tertiary/aromatic N) is 1. The van der Waals surface area contributed by atoms with Gasteiger partial charge in [0.05, 0.1) is 5.69 Å². The smallest absolute Gasteiger partial charge is 0.245 e. The molecule has 0 aliphatic carbocycles. The van der Waals surface area contributed by atoms with E-state index in [-0.39, 0.29) is 17.6 Å². The average molecular weight is 373 g/mol. The molecule has 9 heteroatoms. The quantitative estimate of drug-likeness (QED) is 0.827. The molecule has 1 atom stereocenters. The first-order valence-electron chi connectivity index (χ1n) is 8.24. The van der Waals surface area contributed by atoms with Crippen molar-refractivity contribution in [2.75, 3.05) is 31.2 Å². The third-order valence-electron chi connectivity index (χ3n) is 4.74. The number of nitrogens with one attached hydrogen (secondary N) is 2. The molecule has 1 aromatic carbocycles. The monoisotopic (exact) mass is 373 g/mol. The SMILES string of the molecule is CS(=O)(=O)c1cc(F)c(N[C@H]2CCN(C3CCNCC3)C2=O)cc1F. The van der Waals surface area contributed by atoms with Gasteiger partial charge < -0.3 is 15.5 Å². The van der Waals surface area contributed by atoms with Crippen LogP contribution in [0, 0.1) is 11.6 Å². The Balaban J connectivity index is 1.75. The lowest BCUT2D eigenvalue weighted by Gasteiger charge is -2.31. The minimum absolute atomic E-state index is 0.126. The van der Waals surface area contributed by atoms with Gasteiger partial charge in [-0.3, -0.25) is 4.79 Å². The van der Waals surface area contributed by atoms with Crippen LogP contribution in [0.1, 0.15) is 19.3 Å². The number of likely N-dealkylation sites (tertiary alicyclic amines) is 1. The molecule has 2 aliphatic rings. The van der Waals surface area contributed by atoms with Crippen LogP contribution >= 0.6 is 0 Å². The van der Waals surface area contributed by atoms with E-state index in [2.05, 4.69) is 10.6 Å². The summed E-state index contributed by atoms with van der Waals surface area (Å²) in [5.74, 6) is -2.05. The average Bonchev–Trinajstić information content (AvgIpc) is 2.91. The van der Waals surface area contributed by atoms with E-state index in [4.69, 9.17) is 0 Å². The van der Waals surface area contributed by atoms with Crippen LogP contribution in [-0.4, -0.2) is 57.2 Å². The van der Waals surface area contributed by atoms with Crippen LogP contribution in [0.25, 0.3) is 0 Å². The number of sulfone groups is 1. The molecule has 2 N–H and O–H groups in total. The van der Waals surface area contributed by atoms with E-state index in [0.29, 0.717) is 19.0 Å². The van der Waals surface area contributed by atoms with Gasteiger partial charge in [0, 0.05) is 24.9 Å². The number of carbonyl (C=O) groups is 1. The molecule has 0 radical (unpaired) electrons. The molecule has 138 valence electrons. The fourth-order valence-electron chi connectivity index (χ4n) is 3.43. The largest absolute Gasteiger partial charge is 0.371 e. The molecule has 1 amide bonds. The van der Waals surface area contributed by atoms with E-state index in [0.717, 1.165) is 38.3 Å². The van der Waals surface area contributed by atoms with Crippen LogP contribution < -0.4 is 10.6 Å². The second-order valence-electron chi connectivity index (χ2n) is 6.53. The highest BCUT2D eigenvalue weighted by Crippen LogP contribution is 2.27. The summed E-state index contributed by atoms with van der Waals surface area (Å²) in [6.45, 7) is 2.30. The second kappa shape index (κ2) is 6.87. The lowest BCUT2D eigenvalue weighted by molar-refractivity contribution is -0.130. The van der Waals surface area contributed by atoms with E-state index in [1.54, 1.807) is 4.90 Å². The van der Waals surface area contributed by atoms with Crippen molar-refractivity contribution in [3.63, 3.8) is 0 Å². The normalized spacial score (nSPS) is 22.4. The van der Waals surface area contributed by atoms with Crippen LogP contribution in [0.3, 0.4) is 0 Å². The van der Waals surface area contributed by atoms with Crippen molar-refractivity contribution >= 4 is 21.4 Å². The van der Waals surface area contributed by atoms with Crippen molar-refractivity contribution in [3.05, 3.63) is 23.8 Å². The molecule has 3 rings (SSSR count). The molecule has 2 aliphatic heterocycles. The maximum absolute atomic E-state index is 14.2. The number of hydrogen-bond donors (Lipinski definition) is 2. The zero-order chi connectivity index (χ0) is 18.2. The van der Waals surface area contributed by atoms with E-state index in [1.165, 1.54) is 0 Å². The van der Waals surface area contributed by atoms with Crippen molar-refractivity contribution in [2.45, 2.75) is 36.2 Å². The van der Waals surface area contributed by atoms with Gasteiger partial charge in [0.25, 0.3) is 0 Å². The Morgan fingerprint density at radius 3 is 2.48 bits per heavy atom. The van der Waals surface area contributed by atoms with Gasteiger partial charge in [-0.1, -0.05) is 0 Å². The summed E-state index contributed by atoms with van der Waals surface area (Å²) >= 11 is 0. The first-order valence-corrected chi connectivity index (χ1v) is 10.1.